The summed E-state index contributed by atoms with van der Waals surface area (Å²) in [5.74, 6) is -0.186. The Morgan fingerprint density at radius 1 is 1.13 bits per heavy atom. The first-order valence-electron chi connectivity index (χ1n) is 4.83. The van der Waals surface area contributed by atoms with Gasteiger partial charge in [0.15, 0.2) is 0 Å². The molecule has 2 heteroatoms. The van der Waals surface area contributed by atoms with Crippen molar-refractivity contribution in [1.82, 2.24) is 0 Å². The Morgan fingerprint density at radius 2 is 1.87 bits per heavy atom. The van der Waals surface area contributed by atoms with E-state index in [1.54, 1.807) is 13.0 Å². The summed E-state index contributed by atoms with van der Waals surface area (Å²) in [4.78, 5) is 15.4. The van der Waals surface area contributed by atoms with Crippen molar-refractivity contribution in [3.05, 3.63) is 48.0 Å². The van der Waals surface area contributed by atoms with Crippen molar-refractivity contribution in [3.8, 4) is 0 Å². The van der Waals surface area contributed by atoms with Gasteiger partial charge in [-0.25, -0.2) is 4.99 Å². The third-order valence-corrected chi connectivity index (χ3v) is 2.27. The highest BCUT2D eigenvalue weighted by Crippen LogP contribution is 2.18. The molecule has 2 rings (SSSR count). The molecule has 2 nitrogen and oxygen atoms in total. The Bertz CT molecular complexity index is 524. The molecule has 0 aliphatic rings. The van der Waals surface area contributed by atoms with Crippen LogP contribution in [0.2, 0.25) is 0 Å². The first-order valence-corrected chi connectivity index (χ1v) is 4.83. The number of hydrogen-bond acceptors (Lipinski definition) is 1. The second kappa shape index (κ2) is 4.05. The predicted molar refractivity (Wildman–Crippen MR) is 62.4 cm³/mol. The van der Waals surface area contributed by atoms with Crippen LogP contribution in [-0.4, -0.2) is 12.1 Å². The van der Waals surface area contributed by atoms with E-state index in [9.17, 15) is 4.79 Å². The average molecular weight is 197 g/mol. The highest BCUT2D eigenvalue weighted by molar-refractivity contribution is 6.09. The van der Waals surface area contributed by atoms with Crippen LogP contribution >= 0.6 is 0 Å². The molecule has 0 radical (unpaired) electrons. The third kappa shape index (κ3) is 1.79. The molecule has 74 valence electrons. The van der Waals surface area contributed by atoms with Gasteiger partial charge in [-0.1, -0.05) is 36.4 Å². The maximum atomic E-state index is 11.7. The van der Waals surface area contributed by atoms with Gasteiger partial charge in [0.25, 0.3) is 5.91 Å². The van der Waals surface area contributed by atoms with Crippen LogP contribution < -0.4 is 0 Å². The minimum Gasteiger partial charge on any atom is -0.267 e. The molecule has 0 unspecified atom stereocenters. The lowest BCUT2D eigenvalue weighted by atomic mass is 10.0. The van der Waals surface area contributed by atoms with E-state index in [4.69, 9.17) is 0 Å². The number of amides is 1. The number of fused-ring (bicyclic) bond motifs is 1. The average Bonchev–Trinajstić information content (AvgIpc) is 2.28. The predicted octanol–water partition coefficient (Wildman–Crippen LogP) is 3.07. The summed E-state index contributed by atoms with van der Waals surface area (Å²) in [5.41, 5.74) is 0.659. The molecule has 0 bridgehead atoms. The van der Waals surface area contributed by atoms with E-state index in [0.717, 1.165) is 10.8 Å². The number of hydrogen-bond donors (Lipinski definition) is 0. The van der Waals surface area contributed by atoms with E-state index in [-0.39, 0.29) is 5.91 Å². The minimum absolute atomic E-state index is 0.186. The zero-order valence-electron chi connectivity index (χ0n) is 8.47. The van der Waals surface area contributed by atoms with E-state index < -0.39 is 0 Å². The van der Waals surface area contributed by atoms with Gasteiger partial charge in [0.1, 0.15) is 0 Å². The van der Waals surface area contributed by atoms with Gasteiger partial charge < -0.3 is 0 Å². The van der Waals surface area contributed by atoms with E-state index >= 15 is 0 Å². The SMILES string of the molecule is C/C=N/C(=O)c1cccc2ccccc12. The summed E-state index contributed by atoms with van der Waals surface area (Å²) >= 11 is 0. The second-order valence-electron chi connectivity index (χ2n) is 3.22. The first-order chi connectivity index (χ1) is 7.33. The van der Waals surface area contributed by atoms with Gasteiger partial charge in [0.05, 0.1) is 0 Å². The van der Waals surface area contributed by atoms with Crippen LogP contribution in [0, 0.1) is 0 Å². The normalized spacial score (nSPS) is 11.0. The van der Waals surface area contributed by atoms with E-state index in [2.05, 4.69) is 4.99 Å². The topological polar surface area (TPSA) is 29.4 Å². The quantitative estimate of drug-likeness (QED) is 0.646. The van der Waals surface area contributed by atoms with Crippen molar-refractivity contribution in [2.24, 2.45) is 4.99 Å². The van der Waals surface area contributed by atoms with Crippen molar-refractivity contribution in [1.29, 1.82) is 0 Å². The van der Waals surface area contributed by atoms with Gasteiger partial charge in [-0.2, -0.15) is 0 Å². The van der Waals surface area contributed by atoms with Gasteiger partial charge in [0.2, 0.25) is 0 Å². The van der Waals surface area contributed by atoms with Crippen molar-refractivity contribution >= 4 is 22.9 Å². The van der Waals surface area contributed by atoms with Crippen molar-refractivity contribution in [2.45, 2.75) is 6.92 Å². The van der Waals surface area contributed by atoms with Gasteiger partial charge in [-0.05, 0) is 23.8 Å². The number of rotatable bonds is 1. The molecule has 1 amide bonds. The van der Waals surface area contributed by atoms with Gasteiger partial charge in [-0.3, -0.25) is 4.79 Å². The number of carbonyl (C=O) groups is 1. The van der Waals surface area contributed by atoms with Crippen LogP contribution in [0.5, 0.6) is 0 Å². The van der Waals surface area contributed by atoms with Crippen molar-refractivity contribution in [2.75, 3.05) is 0 Å². The lowest BCUT2D eigenvalue weighted by Gasteiger charge is -2.01. The molecule has 0 heterocycles. The van der Waals surface area contributed by atoms with Gasteiger partial charge in [-0.15, -0.1) is 0 Å². The van der Waals surface area contributed by atoms with Gasteiger partial charge >= 0.3 is 0 Å². The van der Waals surface area contributed by atoms with Crippen molar-refractivity contribution < 1.29 is 4.79 Å². The van der Waals surface area contributed by atoms with E-state index in [0.29, 0.717) is 5.56 Å². The van der Waals surface area contributed by atoms with Crippen LogP contribution in [0.1, 0.15) is 17.3 Å². The molecule has 0 saturated carbocycles. The lowest BCUT2D eigenvalue weighted by Crippen LogP contribution is -1.95. The Kier molecular flexibility index (Phi) is 2.59. The molecule has 2 aromatic carbocycles. The molecule has 0 aliphatic carbocycles. The molecular formula is C13H11NO. The maximum Gasteiger partial charge on any atom is 0.277 e. The largest absolute Gasteiger partial charge is 0.277 e. The molecule has 0 N–H and O–H groups in total. The zero-order chi connectivity index (χ0) is 10.7. The lowest BCUT2D eigenvalue weighted by molar-refractivity contribution is 0.100. The van der Waals surface area contributed by atoms with Crippen LogP contribution in [0.25, 0.3) is 10.8 Å². The standard InChI is InChI=1S/C13H11NO/c1-2-14-13(15)12-9-5-7-10-6-3-4-8-11(10)12/h2-9H,1H3/b14-2+. The molecule has 0 aliphatic heterocycles. The Hall–Kier alpha value is -1.96. The van der Waals surface area contributed by atoms with Crippen LogP contribution in [0.4, 0.5) is 0 Å². The number of carbonyl (C=O) groups excluding carboxylic acids is 1. The number of benzene rings is 2. The van der Waals surface area contributed by atoms with Crippen LogP contribution in [-0.2, 0) is 0 Å². The maximum absolute atomic E-state index is 11.7. The second-order valence-corrected chi connectivity index (χ2v) is 3.22. The zero-order valence-corrected chi connectivity index (χ0v) is 8.47. The fraction of sp³-hybridized carbons (Fsp3) is 0.0769. The summed E-state index contributed by atoms with van der Waals surface area (Å²) in [6.45, 7) is 1.74. The number of nitrogens with zero attached hydrogens (tertiary/aromatic N) is 1. The summed E-state index contributed by atoms with van der Waals surface area (Å²) in [6, 6.07) is 13.5. The fourth-order valence-electron chi connectivity index (χ4n) is 1.60. The third-order valence-electron chi connectivity index (χ3n) is 2.27. The van der Waals surface area contributed by atoms with E-state index in [1.165, 1.54) is 6.21 Å². The van der Waals surface area contributed by atoms with Crippen LogP contribution in [0.15, 0.2) is 47.5 Å². The molecule has 0 aromatic heterocycles. The Labute approximate surface area is 88.3 Å². The minimum atomic E-state index is -0.186. The highest BCUT2D eigenvalue weighted by atomic mass is 16.1. The molecule has 0 fully saturated rings. The summed E-state index contributed by atoms with van der Waals surface area (Å²) in [6.07, 6.45) is 1.52. The first kappa shape index (κ1) is 9.59. The molecule has 0 spiro atoms. The van der Waals surface area contributed by atoms with Crippen LogP contribution in [0.3, 0.4) is 0 Å². The Morgan fingerprint density at radius 3 is 2.67 bits per heavy atom. The monoisotopic (exact) mass is 197 g/mol. The smallest absolute Gasteiger partial charge is 0.267 e. The molecule has 15 heavy (non-hydrogen) atoms. The molecular weight excluding hydrogens is 186 g/mol. The van der Waals surface area contributed by atoms with Gasteiger partial charge in [0, 0.05) is 11.8 Å². The van der Waals surface area contributed by atoms with E-state index in [1.807, 2.05) is 36.4 Å². The molecule has 0 atom stereocenters. The van der Waals surface area contributed by atoms with Crippen molar-refractivity contribution in [3.63, 3.8) is 0 Å². The summed E-state index contributed by atoms with van der Waals surface area (Å²) in [5, 5.41) is 2.02. The molecule has 2 aromatic rings. The summed E-state index contributed by atoms with van der Waals surface area (Å²) in [7, 11) is 0. The highest BCUT2D eigenvalue weighted by Gasteiger charge is 2.06. The fourth-order valence-corrected chi connectivity index (χ4v) is 1.60. The number of aliphatic imine (C=N–C) groups is 1. The summed E-state index contributed by atoms with van der Waals surface area (Å²) < 4.78 is 0. The Balaban J connectivity index is 2.65. The molecule has 0 saturated heterocycles.